The molecule has 0 radical (unpaired) electrons. The first-order chi connectivity index (χ1) is 9.57. The van der Waals surface area contributed by atoms with E-state index in [-0.39, 0.29) is 12.2 Å². The second-order valence-corrected chi connectivity index (χ2v) is 4.55. The van der Waals surface area contributed by atoms with Crippen LogP contribution in [0.5, 0.6) is 0 Å². The fourth-order valence-electron chi connectivity index (χ4n) is 1.99. The van der Waals surface area contributed by atoms with Gasteiger partial charge in [0.15, 0.2) is 5.82 Å². The second-order valence-electron chi connectivity index (χ2n) is 4.55. The number of rotatable bonds is 5. The van der Waals surface area contributed by atoms with Gasteiger partial charge in [-0.3, -0.25) is 0 Å². The van der Waals surface area contributed by atoms with Crippen molar-refractivity contribution < 1.29 is 19.4 Å². The molecule has 7 heteroatoms. The van der Waals surface area contributed by atoms with E-state index >= 15 is 0 Å². The van der Waals surface area contributed by atoms with E-state index in [9.17, 15) is 9.59 Å². The van der Waals surface area contributed by atoms with Crippen LogP contribution in [0.3, 0.4) is 0 Å². The number of alkyl carbamates (subject to hydrolysis) is 1. The quantitative estimate of drug-likeness (QED) is 0.790. The molecule has 0 aromatic carbocycles. The second kappa shape index (κ2) is 5.68. The van der Waals surface area contributed by atoms with E-state index in [0.29, 0.717) is 18.7 Å². The molecule has 1 heterocycles. The summed E-state index contributed by atoms with van der Waals surface area (Å²) in [7, 11) is 0. The number of nitrogens with zero attached hydrogens (tertiary/aromatic N) is 2. The normalized spacial score (nSPS) is 15.8. The predicted molar refractivity (Wildman–Crippen MR) is 69.2 cm³/mol. The lowest BCUT2D eigenvalue weighted by Crippen LogP contribution is -2.52. The Morgan fingerprint density at radius 3 is 2.55 bits per heavy atom. The third-order valence-corrected chi connectivity index (χ3v) is 3.21. The molecule has 1 saturated carbocycles. The van der Waals surface area contributed by atoms with Gasteiger partial charge in [-0.05, 0) is 19.3 Å². The number of hydrogen-bond donors (Lipinski definition) is 2. The minimum atomic E-state index is -1.09. The monoisotopic (exact) mass is 277 g/mol. The Balaban J connectivity index is 2.12. The zero-order valence-electron chi connectivity index (χ0n) is 10.8. The summed E-state index contributed by atoms with van der Waals surface area (Å²) in [5.74, 6) is -0.679. The first-order valence-corrected chi connectivity index (χ1v) is 6.19. The van der Waals surface area contributed by atoms with Crippen LogP contribution >= 0.6 is 0 Å². The molecule has 0 saturated heterocycles. The van der Waals surface area contributed by atoms with Gasteiger partial charge in [-0.1, -0.05) is 12.7 Å². The lowest BCUT2D eigenvalue weighted by Gasteiger charge is -2.40. The zero-order valence-corrected chi connectivity index (χ0v) is 10.8. The summed E-state index contributed by atoms with van der Waals surface area (Å²) in [4.78, 5) is 30.5. The topological polar surface area (TPSA) is 101 Å². The highest BCUT2D eigenvalue weighted by Gasteiger charge is 2.43. The first kappa shape index (κ1) is 14.0. The Kier molecular flexibility index (Phi) is 3.97. The SMILES string of the molecule is C=CCOC(=O)NC1(c2ncc(C(=O)O)cn2)CCC1. The maximum Gasteiger partial charge on any atom is 0.408 e. The maximum atomic E-state index is 11.6. The summed E-state index contributed by atoms with van der Waals surface area (Å²) in [6.45, 7) is 3.59. The Bertz CT molecular complexity index is 523. The van der Waals surface area contributed by atoms with Crippen LogP contribution in [0.2, 0.25) is 0 Å². The predicted octanol–water partition coefficient (Wildman–Crippen LogP) is 1.47. The average Bonchev–Trinajstić information content (AvgIpc) is 2.40. The number of carboxylic acids is 1. The molecule has 106 valence electrons. The van der Waals surface area contributed by atoms with Crippen LogP contribution in [-0.4, -0.2) is 33.7 Å². The molecule has 7 nitrogen and oxygen atoms in total. The lowest BCUT2D eigenvalue weighted by atomic mass is 9.76. The van der Waals surface area contributed by atoms with Gasteiger partial charge in [-0.25, -0.2) is 19.6 Å². The van der Waals surface area contributed by atoms with Crippen molar-refractivity contribution in [2.75, 3.05) is 6.61 Å². The lowest BCUT2D eigenvalue weighted by molar-refractivity contribution is 0.0694. The number of aromatic nitrogens is 2. The maximum absolute atomic E-state index is 11.6. The van der Waals surface area contributed by atoms with Gasteiger partial charge in [0.05, 0.1) is 5.56 Å². The van der Waals surface area contributed by atoms with Crippen molar-refractivity contribution in [3.05, 3.63) is 36.4 Å². The number of amides is 1. The number of ether oxygens (including phenoxy) is 1. The van der Waals surface area contributed by atoms with Crippen molar-refractivity contribution >= 4 is 12.1 Å². The van der Waals surface area contributed by atoms with Crippen LogP contribution in [0.15, 0.2) is 25.0 Å². The average molecular weight is 277 g/mol. The molecule has 0 spiro atoms. The van der Waals surface area contributed by atoms with Crippen molar-refractivity contribution in [3.8, 4) is 0 Å². The molecule has 2 rings (SSSR count). The van der Waals surface area contributed by atoms with Gasteiger partial charge in [-0.2, -0.15) is 0 Å². The van der Waals surface area contributed by atoms with Crippen molar-refractivity contribution in [2.24, 2.45) is 0 Å². The van der Waals surface area contributed by atoms with Crippen LogP contribution in [0, 0.1) is 0 Å². The third-order valence-electron chi connectivity index (χ3n) is 3.21. The molecule has 2 N–H and O–H groups in total. The molecular weight excluding hydrogens is 262 g/mol. The van der Waals surface area contributed by atoms with Crippen LogP contribution in [-0.2, 0) is 10.3 Å². The van der Waals surface area contributed by atoms with E-state index in [0.717, 1.165) is 6.42 Å². The molecule has 0 unspecified atom stereocenters. The van der Waals surface area contributed by atoms with Gasteiger partial charge < -0.3 is 15.2 Å². The summed E-state index contributed by atoms with van der Waals surface area (Å²) >= 11 is 0. The highest BCUT2D eigenvalue weighted by molar-refractivity contribution is 5.86. The van der Waals surface area contributed by atoms with Crippen molar-refractivity contribution in [1.29, 1.82) is 0 Å². The molecule has 1 fully saturated rings. The standard InChI is InChI=1S/C13H15N3O4/c1-2-6-20-12(19)16-13(4-3-5-13)11-14-7-9(8-15-11)10(17)18/h2,7-8H,1,3-6H2,(H,16,19)(H,17,18). The molecule has 0 atom stereocenters. The molecule has 0 bridgehead atoms. The first-order valence-electron chi connectivity index (χ1n) is 6.19. The summed E-state index contributed by atoms with van der Waals surface area (Å²) in [5, 5.41) is 11.6. The smallest absolute Gasteiger partial charge is 0.408 e. The van der Waals surface area contributed by atoms with E-state index in [1.165, 1.54) is 18.5 Å². The fraction of sp³-hybridized carbons (Fsp3) is 0.385. The summed E-state index contributed by atoms with van der Waals surface area (Å²) in [5.41, 5.74) is -0.646. The Hall–Kier alpha value is -2.44. The van der Waals surface area contributed by atoms with Crippen LogP contribution in [0.1, 0.15) is 35.4 Å². The van der Waals surface area contributed by atoms with Gasteiger partial charge in [0.25, 0.3) is 0 Å². The number of carbonyl (C=O) groups excluding carboxylic acids is 1. The van der Waals surface area contributed by atoms with Gasteiger partial charge in [-0.15, -0.1) is 0 Å². The highest BCUT2D eigenvalue weighted by atomic mass is 16.5. The Morgan fingerprint density at radius 2 is 2.10 bits per heavy atom. The number of carbonyl (C=O) groups is 2. The third kappa shape index (κ3) is 2.76. The summed E-state index contributed by atoms with van der Waals surface area (Å²) < 4.78 is 4.89. The Labute approximate surface area is 115 Å². The van der Waals surface area contributed by atoms with Crippen LogP contribution in [0.25, 0.3) is 0 Å². The summed E-state index contributed by atoms with van der Waals surface area (Å²) in [6.07, 6.45) is 5.72. The molecule has 1 aromatic heterocycles. The van der Waals surface area contributed by atoms with Gasteiger partial charge >= 0.3 is 12.1 Å². The molecule has 1 aromatic rings. The van der Waals surface area contributed by atoms with E-state index in [2.05, 4.69) is 21.9 Å². The van der Waals surface area contributed by atoms with Gasteiger partial charge in [0.1, 0.15) is 12.1 Å². The van der Waals surface area contributed by atoms with E-state index in [1.807, 2.05) is 0 Å². The van der Waals surface area contributed by atoms with E-state index in [4.69, 9.17) is 9.84 Å². The van der Waals surface area contributed by atoms with Crippen molar-refractivity contribution in [1.82, 2.24) is 15.3 Å². The van der Waals surface area contributed by atoms with Crippen LogP contribution < -0.4 is 5.32 Å². The molecule has 1 amide bonds. The fourth-order valence-corrected chi connectivity index (χ4v) is 1.99. The minimum absolute atomic E-state index is 0.0115. The minimum Gasteiger partial charge on any atom is -0.478 e. The van der Waals surface area contributed by atoms with Gasteiger partial charge in [0, 0.05) is 12.4 Å². The molecular formula is C13H15N3O4. The number of hydrogen-bond acceptors (Lipinski definition) is 5. The number of aromatic carboxylic acids is 1. The van der Waals surface area contributed by atoms with E-state index < -0.39 is 17.6 Å². The summed E-state index contributed by atoms with van der Waals surface area (Å²) in [6, 6.07) is 0. The molecule has 1 aliphatic carbocycles. The van der Waals surface area contributed by atoms with Gasteiger partial charge in [0.2, 0.25) is 0 Å². The zero-order chi connectivity index (χ0) is 14.6. The largest absolute Gasteiger partial charge is 0.478 e. The van der Waals surface area contributed by atoms with Crippen LogP contribution in [0.4, 0.5) is 4.79 Å². The van der Waals surface area contributed by atoms with Crippen molar-refractivity contribution in [3.63, 3.8) is 0 Å². The number of carboxylic acid groups (broad SMARTS) is 1. The van der Waals surface area contributed by atoms with E-state index in [1.54, 1.807) is 0 Å². The highest BCUT2D eigenvalue weighted by Crippen LogP contribution is 2.39. The molecule has 0 aliphatic heterocycles. The molecule has 1 aliphatic rings. The Morgan fingerprint density at radius 1 is 1.45 bits per heavy atom. The molecule has 20 heavy (non-hydrogen) atoms. The number of nitrogens with one attached hydrogen (secondary N) is 1. The van der Waals surface area contributed by atoms with Crippen molar-refractivity contribution in [2.45, 2.75) is 24.8 Å².